The second kappa shape index (κ2) is 5.11. The molecular formula is C9H17F3N2O2S. The highest BCUT2D eigenvalue weighted by Gasteiger charge is 2.47. The number of halogens is 3. The van der Waals surface area contributed by atoms with E-state index >= 15 is 0 Å². The molecule has 1 rings (SSSR count). The number of nitrogens with two attached hydrogens (primary N) is 1. The van der Waals surface area contributed by atoms with Crippen LogP contribution in [0.1, 0.15) is 13.3 Å². The summed E-state index contributed by atoms with van der Waals surface area (Å²) in [6.07, 6.45) is -4.22. The van der Waals surface area contributed by atoms with E-state index < -0.39 is 28.1 Å². The van der Waals surface area contributed by atoms with Crippen LogP contribution in [0.25, 0.3) is 0 Å². The molecule has 17 heavy (non-hydrogen) atoms. The van der Waals surface area contributed by atoms with Gasteiger partial charge in [-0.25, -0.2) is 8.42 Å². The first kappa shape index (κ1) is 14.7. The Bertz CT molecular complexity index is 342. The van der Waals surface area contributed by atoms with Crippen LogP contribution in [0.3, 0.4) is 0 Å². The summed E-state index contributed by atoms with van der Waals surface area (Å²) in [5.74, 6) is -0.452. The molecule has 2 unspecified atom stereocenters. The van der Waals surface area contributed by atoms with E-state index in [-0.39, 0.29) is 31.0 Å². The molecule has 0 bridgehead atoms. The molecule has 2 N–H and O–H groups in total. The Hall–Kier alpha value is -0.340. The summed E-state index contributed by atoms with van der Waals surface area (Å²) in [6.45, 7) is 1.39. The van der Waals surface area contributed by atoms with Crippen molar-refractivity contribution >= 4 is 9.84 Å². The Morgan fingerprint density at radius 1 is 1.29 bits per heavy atom. The van der Waals surface area contributed by atoms with Gasteiger partial charge in [-0.2, -0.15) is 13.2 Å². The van der Waals surface area contributed by atoms with Crippen LogP contribution >= 0.6 is 0 Å². The molecule has 0 saturated carbocycles. The maximum atomic E-state index is 12.9. The average molecular weight is 274 g/mol. The van der Waals surface area contributed by atoms with Gasteiger partial charge in [0, 0.05) is 19.1 Å². The van der Waals surface area contributed by atoms with Gasteiger partial charge in [-0.1, -0.05) is 6.92 Å². The normalized spacial score (nSPS) is 25.5. The van der Waals surface area contributed by atoms with Crippen molar-refractivity contribution in [2.45, 2.75) is 31.6 Å². The largest absolute Gasteiger partial charge is 0.405 e. The number of nitrogens with zero attached hydrogens (tertiary/aromatic N) is 1. The lowest BCUT2D eigenvalue weighted by atomic mass is 10.0. The standard InChI is InChI=1S/C9H17F3N2O2S/c1-2-7(13)8(9(10,11)12)14-3-5-17(15,16)6-4-14/h7-8H,2-6,13H2,1H3. The molecule has 1 aliphatic rings. The highest BCUT2D eigenvalue weighted by molar-refractivity contribution is 7.91. The van der Waals surface area contributed by atoms with Gasteiger partial charge in [0.2, 0.25) is 0 Å². The van der Waals surface area contributed by atoms with Crippen molar-refractivity contribution in [3.8, 4) is 0 Å². The van der Waals surface area contributed by atoms with Gasteiger partial charge >= 0.3 is 6.18 Å². The molecule has 0 spiro atoms. The summed E-state index contributed by atoms with van der Waals surface area (Å²) < 4.78 is 60.9. The molecule has 1 fully saturated rings. The zero-order valence-corrected chi connectivity index (χ0v) is 10.4. The number of hydrogen-bond acceptors (Lipinski definition) is 4. The molecule has 0 aliphatic carbocycles. The third-order valence-electron chi connectivity index (χ3n) is 2.98. The van der Waals surface area contributed by atoms with Crippen molar-refractivity contribution in [3.05, 3.63) is 0 Å². The fourth-order valence-corrected chi connectivity index (χ4v) is 3.18. The first-order valence-electron chi connectivity index (χ1n) is 5.44. The smallest absolute Gasteiger partial charge is 0.326 e. The molecule has 1 aliphatic heterocycles. The molecule has 0 aromatic heterocycles. The van der Waals surface area contributed by atoms with Crippen LogP contribution in [0.15, 0.2) is 0 Å². The topological polar surface area (TPSA) is 63.4 Å². The van der Waals surface area contributed by atoms with Crippen molar-refractivity contribution in [1.29, 1.82) is 0 Å². The number of alkyl halides is 3. The zero-order valence-electron chi connectivity index (χ0n) is 9.57. The first-order valence-corrected chi connectivity index (χ1v) is 7.26. The highest BCUT2D eigenvalue weighted by atomic mass is 32.2. The predicted molar refractivity (Wildman–Crippen MR) is 58.3 cm³/mol. The molecule has 0 aromatic carbocycles. The second-order valence-corrected chi connectivity index (χ2v) is 6.55. The van der Waals surface area contributed by atoms with E-state index in [2.05, 4.69) is 0 Å². The van der Waals surface area contributed by atoms with Crippen LogP contribution in [0.2, 0.25) is 0 Å². The van der Waals surface area contributed by atoms with Crippen molar-refractivity contribution in [3.63, 3.8) is 0 Å². The molecule has 0 amide bonds. The molecule has 1 saturated heterocycles. The Balaban J connectivity index is 2.80. The van der Waals surface area contributed by atoms with E-state index in [0.717, 1.165) is 4.90 Å². The summed E-state index contributed by atoms with van der Waals surface area (Å²) in [7, 11) is -3.18. The summed E-state index contributed by atoms with van der Waals surface area (Å²) in [6, 6.07) is -2.76. The molecule has 0 radical (unpaired) electrons. The van der Waals surface area contributed by atoms with E-state index in [4.69, 9.17) is 5.73 Å². The molecule has 8 heteroatoms. The lowest BCUT2D eigenvalue weighted by molar-refractivity contribution is -0.188. The predicted octanol–water partition coefficient (Wildman–Crippen LogP) is 0.385. The van der Waals surface area contributed by atoms with Crippen LogP contribution in [0.4, 0.5) is 13.2 Å². The third-order valence-corrected chi connectivity index (χ3v) is 4.59. The maximum Gasteiger partial charge on any atom is 0.405 e. The second-order valence-electron chi connectivity index (χ2n) is 4.25. The van der Waals surface area contributed by atoms with Crippen LogP contribution < -0.4 is 5.73 Å². The summed E-state index contributed by atoms with van der Waals surface area (Å²) in [5.41, 5.74) is 5.49. The fraction of sp³-hybridized carbons (Fsp3) is 1.00. The fourth-order valence-electron chi connectivity index (χ4n) is 1.95. The summed E-state index contributed by atoms with van der Waals surface area (Å²) in [5, 5.41) is 0. The number of sulfone groups is 1. The molecule has 102 valence electrons. The zero-order chi connectivity index (χ0) is 13.3. The Morgan fingerprint density at radius 3 is 2.12 bits per heavy atom. The minimum absolute atomic E-state index is 0.0970. The Labute approximate surface area is 98.9 Å². The van der Waals surface area contributed by atoms with E-state index in [9.17, 15) is 21.6 Å². The molecular weight excluding hydrogens is 257 g/mol. The van der Waals surface area contributed by atoms with Gasteiger partial charge in [0.05, 0.1) is 11.5 Å². The van der Waals surface area contributed by atoms with Crippen LogP contribution in [0, 0.1) is 0 Å². The highest BCUT2D eigenvalue weighted by Crippen LogP contribution is 2.28. The third kappa shape index (κ3) is 3.82. The van der Waals surface area contributed by atoms with Crippen molar-refractivity contribution in [1.82, 2.24) is 4.90 Å². The quantitative estimate of drug-likeness (QED) is 0.808. The Kier molecular flexibility index (Phi) is 4.43. The number of rotatable bonds is 3. The van der Waals surface area contributed by atoms with E-state index in [0.29, 0.717) is 0 Å². The van der Waals surface area contributed by atoms with Gasteiger partial charge in [-0.3, -0.25) is 4.90 Å². The average Bonchev–Trinajstić information content (AvgIpc) is 2.18. The lowest BCUT2D eigenvalue weighted by Gasteiger charge is -2.38. The van der Waals surface area contributed by atoms with Gasteiger partial charge in [-0.15, -0.1) is 0 Å². The van der Waals surface area contributed by atoms with E-state index in [1.165, 1.54) is 0 Å². The van der Waals surface area contributed by atoms with Crippen molar-refractivity contribution < 1.29 is 21.6 Å². The SMILES string of the molecule is CCC(N)C(N1CCS(=O)(=O)CC1)C(F)(F)F. The van der Waals surface area contributed by atoms with Gasteiger partial charge in [0.1, 0.15) is 6.04 Å². The van der Waals surface area contributed by atoms with E-state index in [1.807, 2.05) is 0 Å². The van der Waals surface area contributed by atoms with Gasteiger partial charge in [0.15, 0.2) is 9.84 Å². The minimum Gasteiger partial charge on any atom is -0.326 e. The number of hydrogen-bond donors (Lipinski definition) is 1. The maximum absolute atomic E-state index is 12.9. The van der Waals surface area contributed by atoms with E-state index in [1.54, 1.807) is 6.92 Å². The summed E-state index contributed by atoms with van der Waals surface area (Å²) in [4.78, 5) is 1.13. The van der Waals surface area contributed by atoms with Gasteiger partial charge in [-0.05, 0) is 6.42 Å². The van der Waals surface area contributed by atoms with Crippen LogP contribution in [0.5, 0.6) is 0 Å². The Morgan fingerprint density at radius 2 is 1.76 bits per heavy atom. The molecule has 0 aromatic rings. The van der Waals surface area contributed by atoms with Gasteiger partial charge < -0.3 is 5.73 Å². The van der Waals surface area contributed by atoms with Gasteiger partial charge in [0.25, 0.3) is 0 Å². The molecule has 1 heterocycles. The molecule has 4 nitrogen and oxygen atoms in total. The lowest BCUT2D eigenvalue weighted by Crippen LogP contribution is -2.59. The molecule has 2 atom stereocenters. The summed E-state index contributed by atoms with van der Waals surface area (Å²) >= 11 is 0. The van der Waals surface area contributed by atoms with Crippen LogP contribution in [-0.2, 0) is 9.84 Å². The van der Waals surface area contributed by atoms with Crippen LogP contribution in [-0.4, -0.2) is 56.2 Å². The van der Waals surface area contributed by atoms with Crippen molar-refractivity contribution in [2.75, 3.05) is 24.6 Å². The first-order chi connectivity index (χ1) is 7.67. The van der Waals surface area contributed by atoms with Crippen molar-refractivity contribution in [2.24, 2.45) is 5.73 Å². The monoisotopic (exact) mass is 274 g/mol. The minimum atomic E-state index is -4.42.